The molecule has 0 saturated carbocycles. The van der Waals surface area contributed by atoms with E-state index in [0.717, 1.165) is 5.56 Å². The number of hydrogen-bond donors (Lipinski definition) is 1. The number of pyridine rings is 1. The molecular formula is C13H24N2O3S. The first-order valence-corrected chi connectivity index (χ1v) is 8.25. The fraction of sp³-hybridized carbons (Fsp3) is 0.615. The summed E-state index contributed by atoms with van der Waals surface area (Å²) >= 11 is 0. The van der Waals surface area contributed by atoms with Crippen LogP contribution in [0.5, 0.6) is 0 Å². The lowest BCUT2D eigenvalue weighted by molar-refractivity contribution is 0.162. The Morgan fingerprint density at radius 2 is 2.05 bits per heavy atom. The van der Waals surface area contributed by atoms with Crippen molar-refractivity contribution in [1.29, 1.82) is 0 Å². The van der Waals surface area contributed by atoms with E-state index in [1.807, 2.05) is 13.8 Å². The molecule has 0 fully saturated rings. The van der Waals surface area contributed by atoms with Gasteiger partial charge < -0.3 is 5.11 Å². The van der Waals surface area contributed by atoms with Gasteiger partial charge >= 0.3 is 0 Å². The molecule has 6 heteroatoms. The first-order chi connectivity index (χ1) is 8.91. The quantitative estimate of drug-likeness (QED) is 0.866. The summed E-state index contributed by atoms with van der Waals surface area (Å²) in [6.45, 7) is 4.41. The maximum atomic E-state index is 11.1. The standard InChI is InChI=1S/C11H18N2O3S.C2H6/c1-13(17(2,15)16)8-4-6-11(14)10-5-3-7-12-9-10;1-2/h3,5,7,9,11,14H,4,6,8H2,1-2H3;1-2H3. The Balaban J connectivity index is 0.00000154. The van der Waals surface area contributed by atoms with E-state index in [-0.39, 0.29) is 0 Å². The zero-order valence-corrected chi connectivity index (χ0v) is 12.9. The van der Waals surface area contributed by atoms with Gasteiger partial charge in [0.05, 0.1) is 12.4 Å². The van der Waals surface area contributed by atoms with Crippen molar-refractivity contribution >= 4 is 10.0 Å². The molecule has 1 aromatic heterocycles. The summed E-state index contributed by atoms with van der Waals surface area (Å²) in [5, 5.41) is 9.83. The predicted molar refractivity (Wildman–Crippen MR) is 77.3 cm³/mol. The Bertz CT molecular complexity index is 434. The second-order valence-electron chi connectivity index (χ2n) is 4.03. The zero-order chi connectivity index (χ0) is 14.9. The lowest BCUT2D eigenvalue weighted by atomic mass is 10.1. The van der Waals surface area contributed by atoms with Gasteiger partial charge in [-0.2, -0.15) is 0 Å². The number of aliphatic hydroxyl groups is 1. The monoisotopic (exact) mass is 288 g/mol. The minimum atomic E-state index is -3.13. The van der Waals surface area contributed by atoms with E-state index in [0.29, 0.717) is 19.4 Å². The molecule has 1 rings (SSSR count). The summed E-state index contributed by atoms with van der Waals surface area (Å²) in [5.74, 6) is 0. The molecule has 0 amide bonds. The van der Waals surface area contributed by atoms with Gasteiger partial charge in [-0.05, 0) is 24.5 Å². The number of nitrogens with zero attached hydrogens (tertiary/aromatic N) is 2. The number of rotatable bonds is 6. The molecule has 0 saturated heterocycles. The topological polar surface area (TPSA) is 70.5 Å². The summed E-state index contributed by atoms with van der Waals surface area (Å²) in [7, 11) is -1.59. The molecule has 19 heavy (non-hydrogen) atoms. The average molecular weight is 288 g/mol. The van der Waals surface area contributed by atoms with Crippen LogP contribution in [0.4, 0.5) is 0 Å². The van der Waals surface area contributed by atoms with Crippen molar-refractivity contribution in [2.24, 2.45) is 0 Å². The molecule has 1 N–H and O–H groups in total. The summed E-state index contributed by atoms with van der Waals surface area (Å²) < 4.78 is 23.5. The van der Waals surface area contributed by atoms with Crippen molar-refractivity contribution in [1.82, 2.24) is 9.29 Å². The van der Waals surface area contributed by atoms with Crippen LogP contribution in [0, 0.1) is 0 Å². The lowest BCUT2D eigenvalue weighted by Crippen LogP contribution is -2.26. The van der Waals surface area contributed by atoms with Crippen LogP contribution in [0.25, 0.3) is 0 Å². The van der Waals surface area contributed by atoms with Gasteiger partial charge in [-0.3, -0.25) is 4.98 Å². The van der Waals surface area contributed by atoms with Crippen molar-refractivity contribution < 1.29 is 13.5 Å². The average Bonchev–Trinajstić information content (AvgIpc) is 2.40. The van der Waals surface area contributed by atoms with Crippen molar-refractivity contribution in [3.8, 4) is 0 Å². The first kappa shape index (κ1) is 18.0. The van der Waals surface area contributed by atoms with Crippen LogP contribution in [0.1, 0.15) is 38.4 Å². The minimum Gasteiger partial charge on any atom is -0.388 e. The molecule has 0 radical (unpaired) electrons. The normalized spacial score (nSPS) is 12.7. The largest absolute Gasteiger partial charge is 0.388 e. The van der Waals surface area contributed by atoms with E-state index < -0.39 is 16.1 Å². The van der Waals surface area contributed by atoms with Crippen LogP contribution in [0.2, 0.25) is 0 Å². The Kier molecular flexibility index (Phi) is 8.54. The molecule has 0 aliphatic carbocycles. The van der Waals surface area contributed by atoms with E-state index in [4.69, 9.17) is 0 Å². The second-order valence-corrected chi connectivity index (χ2v) is 6.12. The van der Waals surface area contributed by atoms with Gasteiger partial charge in [-0.15, -0.1) is 0 Å². The molecule has 110 valence electrons. The third-order valence-corrected chi connectivity index (χ3v) is 3.90. The Morgan fingerprint density at radius 3 is 2.53 bits per heavy atom. The molecule has 0 aromatic carbocycles. The minimum absolute atomic E-state index is 0.413. The smallest absolute Gasteiger partial charge is 0.210 e. The third kappa shape index (κ3) is 7.25. The number of aromatic nitrogens is 1. The fourth-order valence-electron chi connectivity index (χ4n) is 1.41. The Labute approximate surface area is 116 Å². The second kappa shape index (κ2) is 9.01. The highest BCUT2D eigenvalue weighted by molar-refractivity contribution is 7.88. The van der Waals surface area contributed by atoms with Gasteiger partial charge in [0.15, 0.2) is 0 Å². The van der Waals surface area contributed by atoms with Crippen LogP contribution < -0.4 is 0 Å². The van der Waals surface area contributed by atoms with Gasteiger partial charge in [0.1, 0.15) is 0 Å². The van der Waals surface area contributed by atoms with Crippen molar-refractivity contribution in [2.75, 3.05) is 19.8 Å². The van der Waals surface area contributed by atoms with Crippen LogP contribution in [-0.2, 0) is 10.0 Å². The fourth-order valence-corrected chi connectivity index (χ4v) is 1.87. The molecule has 0 aliphatic heterocycles. The summed E-state index contributed by atoms with van der Waals surface area (Å²) in [4.78, 5) is 3.92. The van der Waals surface area contributed by atoms with Gasteiger partial charge in [0.2, 0.25) is 10.0 Å². The SMILES string of the molecule is CC.CN(CCCC(O)c1cccnc1)S(C)(=O)=O. The highest BCUT2D eigenvalue weighted by Crippen LogP contribution is 2.17. The molecule has 0 aliphatic rings. The third-order valence-electron chi connectivity index (χ3n) is 2.59. The predicted octanol–water partition coefficient (Wildman–Crippen LogP) is 1.81. The summed E-state index contributed by atoms with van der Waals surface area (Å²) in [6, 6.07) is 3.57. The first-order valence-electron chi connectivity index (χ1n) is 6.40. The van der Waals surface area contributed by atoms with Crippen molar-refractivity contribution in [3.63, 3.8) is 0 Å². The molecule has 5 nitrogen and oxygen atoms in total. The highest BCUT2D eigenvalue weighted by Gasteiger charge is 2.12. The summed E-state index contributed by atoms with van der Waals surface area (Å²) in [5.41, 5.74) is 0.759. The van der Waals surface area contributed by atoms with Crippen LogP contribution in [0.15, 0.2) is 24.5 Å². The van der Waals surface area contributed by atoms with E-state index in [9.17, 15) is 13.5 Å². The van der Waals surface area contributed by atoms with Crippen molar-refractivity contribution in [3.05, 3.63) is 30.1 Å². The maximum Gasteiger partial charge on any atom is 0.210 e. The van der Waals surface area contributed by atoms with Crippen LogP contribution in [0.3, 0.4) is 0 Å². The van der Waals surface area contributed by atoms with E-state index in [1.54, 1.807) is 24.5 Å². The Hall–Kier alpha value is -0.980. The maximum absolute atomic E-state index is 11.1. The number of hydrogen-bond acceptors (Lipinski definition) is 4. The van der Waals surface area contributed by atoms with Gasteiger partial charge in [0.25, 0.3) is 0 Å². The van der Waals surface area contributed by atoms with Gasteiger partial charge in [0, 0.05) is 26.0 Å². The van der Waals surface area contributed by atoms with Gasteiger partial charge in [-0.25, -0.2) is 12.7 Å². The molecule has 0 spiro atoms. The number of aliphatic hydroxyl groups excluding tert-OH is 1. The highest BCUT2D eigenvalue weighted by atomic mass is 32.2. The zero-order valence-electron chi connectivity index (χ0n) is 12.1. The van der Waals surface area contributed by atoms with E-state index in [2.05, 4.69) is 4.98 Å². The molecular weight excluding hydrogens is 264 g/mol. The molecule has 1 heterocycles. The lowest BCUT2D eigenvalue weighted by Gasteiger charge is -2.15. The number of sulfonamides is 1. The van der Waals surface area contributed by atoms with E-state index >= 15 is 0 Å². The van der Waals surface area contributed by atoms with Crippen LogP contribution >= 0.6 is 0 Å². The van der Waals surface area contributed by atoms with E-state index in [1.165, 1.54) is 17.6 Å². The van der Waals surface area contributed by atoms with Gasteiger partial charge in [-0.1, -0.05) is 19.9 Å². The van der Waals surface area contributed by atoms with Crippen molar-refractivity contribution in [2.45, 2.75) is 32.8 Å². The summed E-state index contributed by atoms with van der Waals surface area (Å²) in [6.07, 6.45) is 4.98. The molecule has 1 atom stereocenters. The Morgan fingerprint density at radius 1 is 1.42 bits per heavy atom. The molecule has 1 aromatic rings. The molecule has 0 bridgehead atoms. The van der Waals surface area contributed by atoms with Crippen LogP contribution in [-0.4, -0.2) is 42.7 Å². The molecule has 1 unspecified atom stereocenters.